The average Bonchev–Trinajstić information content (AvgIpc) is 3.13. The average molecular weight is 360 g/mol. The molecule has 0 fully saturated rings. The van der Waals surface area contributed by atoms with Gasteiger partial charge in [-0.3, -0.25) is 9.59 Å². The van der Waals surface area contributed by atoms with Crippen LogP contribution in [0.5, 0.6) is 0 Å². The molecule has 132 valence electrons. The van der Waals surface area contributed by atoms with E-state index in [1.54, 1.807) is 30.3 Å². The van der Waals surface area contributed by atoms with Crippen molar-refractivity contribution in [3.05, 3.63) is 46.7 Å². The van der Waals surface area contributed by atoms with Crippen LogP contribution in [-0.2, 0) is 4.79 Å². The van der Waals surface area contributed by atoms with Gasteiger partial charge in [0.15, 0.2) is 0 Å². The van der Waals surface area contributed by atoms with Gasteiger partial charge in [-0.1, -0.05) is 12.1 Å². The zero-order valence-electron chi connectivity index (χ0n) is 13.8. The van der Waals surface area contributed by atoms with Crippen molar-refractivity contribution in [3.8, 4) is 0 Å². The van der Waals surface area contributed by atoms with Crippen LogP contribution in [0.15, 0.2) is 41.8 Å². The number of anilines is 2. The van der Waals surface area contributed by atoms with Gasteiger partial charge in [-0.25, -0.2) is 4.79 Å². The second-order valence-corrected chi connectivity index (χ2v) is 6.12. The molecular formula is C17H20N4O3S. The van der Waals surface area contributed by atoms with E-state index in [-0.39, 0.29) is 24.3 Å². The van der Waals surface area contributed by atoms with Crippen molar-refractivity contribution >= 4 is 40.6 Å². The van der Waals surface area contributed by atoms with Crippen LogP contribution < -0.4 is 21.3 Å². The van der Waals surface area contributed by atoms with E-state index < -0.39 is 0 Å². The summed E-state index contributed by atoms with van der Waals surface area (Å²) < 4.78 is 0. The Bertz CT molecular complexity index is 731. The molecule has 25 heavy (non-hydrogen) atoms. The summed E-state index contributed by atoms with van der Waals surface area (Å²) in [5.41, 5.74) is 1.18. The van der Waals surface area contributed by atoms with Gasteiger partial charge in [0, 0.05) is 31.4 Å². The van der Waals surface area contributed by atoms with Crippen molar-refractivity contribution < 1.29 is 14.4 Å². The van der Waals surface area contributed by atoms with Gasteiger partial charge in [0.1, 0.15) is 0 Å². The Hall–Kier alpha value is -2.87. The highest BCUT2D eigenvalue weighted by Crippen LogP contribution is 2.15. The van der Waals surface area contributed by atoms with Crippen LogP contribution in [-0.4, -0.2) is 31.4 Å². The lowest BCUT2D eigenvalue weighted by Crippen LogP contribution is -2.25. The van der Waals surface area contributed by atoms with Gasteiger partial charge in [0.2, 0.25) is 5.91 Å². The Morgan fingerprint density at radius 3 is 2.48 bits per heavy atom. The van der Waals surface area contributed by atoms with E-state index in [0.29, 0.717) is 29.2 Å². The molecule has 1 aromatic carbocycles. The number of hydrogen-bond donors (Lipinski definition) is 4. The summed E-state index contributed by atoms with van der Waals surface area (Å²) in [5, 5.41) is 12.5. The maximum atomic E-state index is 12.0. The van der Waals surface area contributed by atoms with Gasteiger partial charge < -0.3 is 21.3 Å². The van der Waals surface area contributed by atoms with Gasteiger partial charge in [-0.15, -0.1) is 11.3 Å². The van der Waals surface area contributed by atoms with Crippen LogP contribution in [0, 0.1) is 0 Å². The molecule has 8 heteroatoms. The minimum atomic E-state index is -0.329. The highest BCUT2D eigenvalue weighted by molar-refractivity contribution is 7.12. The molecule has 0 radical (unpaired) electrons. The quantitative estimate of drug-likeness (QED) is 0.571. The Morgan fingerprint density at radius 1 is 1.04 bits per heavy atom. The van der Waals surface area contributed by atoms with Crippen molar-refractivity contribution in [2.75, 3.05) is 24.2 Å². The molecule has 4 amide bonds. The third-order valence-corrected chi connectivity index (χ3v) is 4.11. The minimum Gasteiger partial charge on any atom is -0.351 e. The van der Waals surface area contributed by atoms with Crippen LogP contribution in [0.2, 0.25) is 0 Å². The molecule has 0 unspecified atom stereocenters. The van der Waals surface area contributed by atoms with E-state index in [1.165, 1.54) is 18.4 Å². The molecule has 0 atom stereocenters. The first kappa shape index (κ1) is 18.5. The predicted molar refractivity (Wildman–Crippen MR) is 99.0 cm³/mol. The Labute approximate surface area is 149 Å². The lowest BCUT2D eigenvalue weighted by Gasteiger charge is -2.09. The highest BCUT2D eigenvalue weighted by Gasteiger charge is 2.07. The standard InChI is InChI=1S/C17H20N4O3S/c1-18-17(24)21-13-6-2-5-12(11-13)20-15(22)8-3-9-19-16(23)14-7-4-10-25-14/h2,4-7,10-11H,3,8-9H2,1H3,(H,19,23)(H,20,22)(H2,18,21,24). The number of rotatable bonds is 7. The molecule has 0 aliphatic heterocycles. The monoisotopic (exact) mass is 360 g/mol. The van der Waals surface area contributed by atoms with Crippen LogP contribution in [0.1, 0.15) is 22.5 Å². The first-order chi connectivity index (χ1) is 12.1. The number of nitrogens with one attached hydrogen (secondary N) is 4. The second kappa shape index (κ2) is 9.43. The van der Waals surface area contributed by atoms with Gasteiger partial charge in [-0.2, -0.15) is 0 Å². The van der Waals surface area contributed by atoms with Crippen molar-refractivity contribution in [3.63, 3.8) is 0 Å². The fourth-order valence-electron chi connectivity index (χ4n) is 2.04. The van der Waals surface area contributed by atoms with E-state index in [0.717, 1.165) is 0 Å². The van der Waals surface area contributed by atoms with Gasteiger partial charge in [0.25, 0.3) is 5.91 Å². The molecule has 0 saturated carbocycles. The number of carbonyl (C=O) groups excluding carboxylic acids is 3. The molecule has 0 aliphatic carbocycles. The van der Waals surface area contributed by atoms with E-state index in [2.05, 4.69) is 21.3 Å². The van der Waals surface area contributed by atoms with Crippen LogP contribution >= 0.6 is 11.3 Å². The van der Waals surface area contributed by atoms with E-state index in [1.807, 2.05) is 11.4 Å². The number of thiophene rings is 1. The van der Waals surface area contributed by atoms with E-state index in [9.17, 15) is 14.4 Å². The topological polar surface area (TPSA) is 99.3 Å². The molecular weight excluding hydrogens is 340 g/mol. The van der Waals surface area contributed by atoms with Crippen molar-refractivity contribution in [1.82, 2.24) is 10.6 Å². The van der Waals surface area contributed by atoms with E-state index in [4.69, 9.17) is 0 Å². The molecule has 0 bridgehead atoms. The normalized spacial score (nSPS) is 9.96. The Kier molecular flexibility index (Phi) is 6.97. The molecule has 1 aromatic heterocycles. The zero-order chi connectivity index (χ0) is 18.1. The summed E-state index contributed by atoms with van der Waals surface area (Å²) in [6.07, 6.45) is 0.830. The number of benzene rings is 1. The van der Waals surface area contributed by atoms with Crippen LogP contribution in [0.4, 0.5) is 16.2 Å². The van der Waals surface area contributed by atoms with Crippen molar-refractivity contribution in [2.24, 2.45) is 0 Å². The Balaban J connectivity index is 1.72. The predicted octanol–water partition coefficient (Wildman–Crippen LogP) is 2.65. The summed E-state index contributed by atoms with van der Waals surface area (Å²) in [6.45, 7) is 0.433. The lowest BCUT2D eigenvalue weighted by atomic mass is 10.2. The molecule has 1 heterocycles. The van der Waals surface area contributed by atoms with Crippen molar-refractivity contribution in [1.29, 1.82) is 0 Å². The number of carbonyl (C=O) groups is 3. The van der Waals surface area contributed by atoms with Gasteiger partial charge in [0.05, 0.1) is 4.88 Å². The zero-order valence-corrected chi connectivity index (χ0v) is 14.6. The molecule has 0 spiro atoms. The summed E-state index contributed by atoms with van der Waals surface area (Å²) in [6, 6.07) is 10.1. The third kappa shape index (κ3) is 6.27. The smallest absolute Gasteiger partial charge is 0.318 e. The molecule has 7 nitrogen and oxygen atoms in total. The van der Waals surface area contributed by atoms with Gasteiger partial charge in [-0.05, 0) is 36.1 Å². The van der Waals surface area contributed by atoms with Crippen LogP contribution in [0.3, 0.4) is 0 Å². The molecule has 2 aromatic rings. The molecule has 4 N–H and O–H groups in total. The second-order valence-electron chi connectivity index (χ2n) is 5.17. The molecule has 0 aliphatic rings. The fraction of sp³-hybridized carbons (Fsp3) is 0.235. The number of amides is 4. The first-order valence-corrected chi connectivity index (χ1v) is 8.67. The SMILES string of the molecule is CNC(=O)Nc1cccc(NC(=O)CCCNC(=O)c2cccs2)c1. The summed E-state index contributed by atoms with van der Waals surface area (Å²) in [4.78, 5) is 35.6. The summed E-state index contributed by atoms with van der Waals surface area (Å²) in [5.74, 6) is -0.272. The van der Waals surface area contributed by atoms with Crippen molar-refractivity contribution in [2.45, 2.75) is 12.8 Å². The maximum absolute atomic E-state index is 12.0. The molecule has 0 saturated heterocycles. The highest BCUT2D eigenvalue weighted by atomic mass is 32.1. The van der Waals surface area contributed by atoms with Crippen LogP contribution in [0.25, 0.3) is 0 Å². The first-order valence-electron chi connectivity index (χ1n) is 7.79. The summed E-state index contributed by atoms with van der Waals surface area (Å²) >= 11 is 1.38. The Morgan fingerprint density at radius 2 is 1.80 bits per heavy atom. The number of hydrogen-bond acceptors (Lipinski definition) is 4. The minimum absolute atomic E-state index is 0.122. The van der Waals surface area contributed by atoms with Gasteiger partial charge >= 0.3 is 6.03 Å². The summed E-state index contributed by atoms with van der Waals surface area (Å²) in [7, 11) is 1.53. The molecule has 2 rings (SSSR count). The fourth-order valence-corrected chi connectivity index (χ4v) is 2.68. The number of urea groups is 1. The third-order valence-electron chi connectivity index (χ3n) is 3.24. The lowest BCUT2D eigenvalue weighted by molar-refractivity contribution is -0.116. The maximum Gasteiger partial charge on any atom is 0.318 e. The van der Waals surface area contributed by atoms with E-state index >= 15 is 0 Å². The largest absolute Gasteiger partial charge is 0.351 e.